The molecule has 0 spiro atoms. The van der Waals surface area contributed by atoms with Crippen LogP contribution in [0.5, 0.6) is 0 Å². The van der Waals surface area contributed by atoms with Crippen LogP contribution < -0.4 is 10.2 Å². The van der Waals surface area contributed by atoms with Crippen molar-refractivity contribution in [3.8, 4) is 11.4 Å². The zero-order valence-electron chi connectivity index (χ0n) is 17.4. The average Bonchev–Trinajstić information content (AvgIpc) is 3.25. The molecule has 156 valence electrons. The number of carbonyl (C=O) groups excluding carboxylic acids is 1. The van der Waals surface area contributed by atoms with Crippen molar-refractivity contribution in [2.24, 2.45) is 0 Å². The Bertz CT molecular complexity index is 1210. The van der Waals surface area contributed by atoms with Crippen LogP contribution in [0.3, 0.4) is 0 Å². The number of rotatable bonds is 4. The third kappa shape index (κ3) is 4.00. The van der Waals surface area contributed by atoms with Gasteiger partial charge in [0.1, 0.15) is 17.2 Å². The van der Waals surface area contributed by atoms with Crippen molar-refractivity contribution in [2.45, 2.75) is 0 Å². The summed E-state index contributed by atoms with van der Waals surface area (Å²) in [5, 5.41) is 2.84. The molecule has 31 heavy (non-hydrogen) atoms. The largest absolute Gasteiger partial charge is 0.369 e. The minimum atomic E-state index is -0.228. The Kier molecular flexibility index (Phi) is 5.09. The standard InChI is InChI=1S/C24H24N6O/c1-29-12-14-30(15-13-29)18-7-4-6-17(16-18)23-26-20-9-5-8-19(22(20)28-23)24(31)27-21-10-2-3-11-25-21/h2-11,16H,12-15H2,1H3,(H,26,28)(H,25,27,31). The fraction of sp³-hybridized carbons (Fsp3) is 0.208. The van der Waals surface area contributed by atoms with Crippen LogP contribution in [0, 0.1) is 0 Å². The topological polar surface area (TPSA) is 77.2 Å². The van der Waals surface area contributed by atoms with Gasteiger partial charge in [0.15, 0.2) is 0 Å². The van der Waals surface area contributed by atoms with Gasteiger partial charge in [-0.1, -0.05) is 24.3 Å². The molecule has 2 N–H and O–H groups in total. The van der Waals surface area contributed by atoms with E-state index in [9.17, 15) is 4.79 Å². The van der Waals surface area contributed by atoms with Gasteiger partial charge in [-0.3, -0.25) is 4.79 Å². The second-order valence-electron chi connectivity index (χ2n) is 7.80. The predicted molar refractivity (Wildman–Crippen MR) is 123 cm³/mol. The number of anilines is 2. The Morgan fingerprint density at radius 3 is 2.65 bits per heavy atom. The van der Waals surface area contributed by atoms with Gasteiger partial charge in [-0.15, -0.1) is 0 Å². The van der Waals surface area contributed by atoms with E-state index in [0.717, 1.165) is 43.1 Å². The molecule has 0 bridgehead atoms. The van der Waals surface area contributed by atoms with Gasteiger partial charge in [0.25, 0.3) is 5.91 Å². The Labute approximate surface area is 180 Å². The van der Waals surface area contributed by atoms with E-state index in [2.05, 4.69) is 50.3 Å². The highest BCUT2D eigenvalue weighted by Gasteiger charge is 2.17. The molecule has 7 heteroatoms. The second-order valence-corrected chi connectivity index (χ2v) is 7.80. The summed E-state index contributed by atoms with van der Waals surface area (Å²) in [6, 6.07) is 19.4. The summed E-state index contributed by atoms with van der Waals surface area (Å²) in [4.78, 5) is 29.9. The summed E-state index contributed by atoms with van der Waals surface area (Å²) in [5.74, 6) is 1.04. The van der Waals surface area contributed by atoms with Crippen LogP contribution in [-0.2, 0) is 0 Å². The monoisotopic (exact) mass is 412 g/mol. The van der Waals surface area contributed by atoms with E-state index >= 15 is 0 Å². The second kappa shape index (κ2) is 8.20. The fourth-order valence-electron chi connectivity index (χ4n) is 3.89. The lowest BCUT2D eigenvalue weighted by Gasteiger charge is -2.34. The first kappa shape index (κ1) is 19.3. The van der Waals surface area contributed by atoms with E-state index in [1.54, 1.807) is 18.3 Å². The van der Waals surface area contributed by atoms with Crippen molar-refractivity contribution >= 4 is 28.4 Å². The number of amides is 1. The van der Waals surface area contributed by atoms with E-state index < -0.39 is 0 Å². The van der Waals surface area contributed by atoms with Crippen molar-refractivity contribution in [1.82, 2.24) is 19.9 Å². The van der Waals surface area contributed by atoms with E-state index in [1.165, 1.54) is 5.69 Å². The maximum Gasteiger partial charge on any atom is 0.259 e. The minimum absolute atomic E-state index is 0.228. The molecule has 0 unspecified atom stereocenters. The van der Waals surface area contributed by atoms with Crippen LogP contribution >= 0.6 is 0 Å². The van der Waals surface area contributed by atoms with Crippen molar-refractivity contribution in [2.75, 3.05) is 43.4 Å². The number of likely N-dealkylation sites (N-methyl/N-ethyl adjacent to an activating group) is 1. The number of fused-ring (bicyclic) bond motifs is 1. The first-order chi connectivity index (χ1) is 15.2. The number of H-pyrrole nitrogens is 1. The number of pyridine rings is 1. The SMILES string of the molecule is CN1CCN(c2cccc(-c3nc4c(C(=O)Nc5ccccn5)cccc4[nH]3)c2)CC1. The Morgan fingerprint density at radius 1 is 1.00 bits per heavy atom. The highest BCUT2D eigenvalue weighted by Crippen LogP contribution is 2.27. The van der Waals surface area contributed by atoms with Crippen molar-refractivity contribution in [3.63, 3.8) is 0 Å². The highest BCUT2D eigenvalue weighted by atomic mass is 16.1. The quantitative estimate of drug-likeness (QED) is 0.535. The normalized spacial score (nSPS) is 14.7. The van der Waals surface area contributed by atoms with Gasteiger partial charge in [-0.25, -0.2) is 9.97 Å². The Hall–Kier alpha value is -3.71. The van der Waals surface area contributed by atoms with E-state index in [1.807, 2.05) is 30.3 Å². The van der Waals surface area contributed by atoms with Crippen LogP contribution in [0.2, 0.25) is 0 Å². The lowest BCUT2D eigenvalue weighted by atomic mass is 10.1. The predicted octanol–water partition coefficient (Wildman–Crippen LogP) is 3.63. The number of para-hydroxylation sites is 1. The van der Waals surface area contributed by atoms with Gasteiger partial charge in [-0.2, -0.15) is 0 Å². The molecule has 5 rings (SSSR count). The molecule has 1 aliphatic rings. The van der Waals surface area contributed by atoms with Crippen molar-refractivity contribution < 1.29 is 4.79 Å². The molecule has 2 aromatic carbocycles. The summed E-state index contributed by atoms with van der Waals surface area (Å²) in [6.07, 6.45) is 1.65. The molecule has 1 fully saturated rings. The minimum Gasteiger partial charge on any atom is -0.369 e. The third-order valence-electron chi connectivity index (χ3n) is 5.65. The maximum atomic E-state index is 12.8. The number of nitrogens with one attached hydrogen (secondary N) is 2. The van der Waals surface area contributed by atoms with Crippen LogP contribution in [0.15, 0.2) is 66.9 Å². The molecule has 2 aromatic heterocycles. The summed E-state index contributed by atoms with van der Waals surface area (Å²) in [5.41, 5.74) is 4.19. The zero-order valence-corrected chi connectivity index (χ0v) is 17.4. The molecule has 3 heterocycles. The number of benzene rings is 2. The lowest BCUT2D eigenvalue weighted by molar-refractivity contribution is 0.102. The van der Waals surface area contributed by atoms with Crippen LogP contribution in [0.25, 0.3) is 22.4 Å². The highest BCUT2D eigenvalue weighted by molar-refractivity contribution is 6.11. The van der Waals surface area contributed by atoms with Gasteiger partial charge in [0.05, 0.1) is 11.1 Å². The zero-order chi connectivity index (χ0) is 21.2. The van der Waals surface area contributed by atoms with E-state index in [4.69, 9.17) is 4.98 Å². The lowest BCUT2D eigenvalue weighted by Crippen LogP contribution is -2.44. The van der Waals surface area contributed by atoms with Gasteiger partial charge in [0.2, 0.25) is 0 Å². The molecule has 0 atom stereocenters. The molecular formula is C24H24N6O. The number of carbonyl (C=O) groups is 1. The molecule has 1 saturated heterocycles. The van der Waals surface area contributed by atoms with Crippen LogP contribution in [-0.4, -0.2) is 59.0 Å². The summed E-state index contributed by atoms with van der Waals surface area (Å²) < 4.78 is 0. The molecule has 1 aliphatic heterocycles. The number of hydrogen-bond donors (Lipinski definition) is 2. The number of aromatic amines is 1. The maximum absolute atomic E-state index is 12.8. The fourth-order valence-corrected chi connectivity index (χ4v) is 3.89. The summed E-state index contributed by atoms with van der Waals surface area (Å²) >= 11 is 0. The Balaban J connectivity index is 1.45. The molecule has 0 aliphatic carbocycles. The molecule has 4 aromatic rings. The number of imidazole rings is 1. The molecule has 0 saturated carbocycles. The van der Waals surface area contributed by atoms with Gasteiger partial charge >= 0.3 is 0 Å². The average molecular weight is 412 g/mol. The van der Waals surface area contributed by atoms with E-state index in [0.29, 0.717) is 16.9 Å². The number of piperazine rings is 1. The van der Waals surface area contributed by atoms with Gasteiger partial charge in [-0.05, 0) is 43.4 Å². The third-order valence-corrected chi connectivity index (χ3v) is 5.65. The summed E-state index contributed by atoms with van der Waals surface area (Å²) in [7, 11) is 2.16. The number of aromatic nitrogens is 3. The molecule has 1 amide bonds. The number of hydrogen-bond acceptors (Lipinski definition) is 5. The Morgan fingerprint density at radius 2 is 1.84 bits per heavy atom. The van der Waals surface area contributed by atoms with Crippen LogP contribution in [0.4, 0.5) is 11.5 Å². The van der Waals surface area contributed by atoms with Gasteiger partial charge in [0, 0.05) is 43.6 Å². The van der Waals surface area contributed by atoms with Crippen molar-refractivity contribution in [3.05, 3.63) is 72.4 Å². The van der Waals surface area contributed by atoms with Crippen molar-refractivity contribution in [1.29, 1.82) is 0 Å². The summed E-state index contributed by atoms with van der Waals surface area (Å²) in [6.45, 7) is 4.14. The smallest absolute Gasteiger partial charge is 0.259 e. The molecule has 0 radical (unpaired) electrons. The number of nitrogens with zero attached hydrogens (tertiary/aromatic N) is 4. The van der Waals surface area contributed by atoms with Gasteiger partial charge < -0.3 is 20.1 Å². The molecule has 7 nitrogen and oxygen atoms in total. The van der Waals surface area contributed by atoms with Crippen LogP contribution in [0.1, 0.15) is 10.4 Å². The first-order valence-corrected chi connectivity index (χ1v) is 10.4. The molecular weight excluding hydrogens is 388 g/mol. The first-order valence-electron chi connectivity index (χ1n) is 10.4. The van der Waals surface area contributed by atoms with E-state index in [-0.39, 0.29) is 5.91 Å².